The lowest BCUT2D eigenvalue weighted by Crippen LogP contribution is -2.11. The molecule has 0 heterocycles. The fraction of sp³-hybridized carbons (Fsp3) is 0.300. The zero-order valence-electron chi connectivity index (χ0n) is 8.22. The van der Waals surface area contributed by atoms with Crippen LogP contribution in [0.2, 0.25) is 0 Å². The molecule has 0 atom stereocenters. The van der Waals surface area contributed by atoms with Gasteiger partial charge in [0.15, 0.2) is 11.6 Å². The summed E-state index contributed by atoms with van der Waals surface area (Å²) in [5.74, 6) is -2.75. The molecule has 1 aromatic carbocycles. The molecule has 5 heteroatoms. The van der Waals surface area contributed by atoms with Gasteiger partial charge >= 0.3 is 5.97 Å². The zero-order chi connectivity index (χ0) is 11.4. The van der Waals surface area contributed by atoms with Crippen molar-refractivity contribution in [3.63, 3.8) is 0 Å². The van der Waals surface area contributed by atoms with Crippen molar-refractivity contribution < 1.29 is 18.3 Å². The van der Waals surface area contributed by atoms with Gasteiger partial charge in [0, 0.05) is 11.3 Å². The summed E-state index contributed by atoms with van der Waals surface area (Å²) in [6.07, 6.45) is -0.358. The van der Waals surface area contributed by atoms with Crippen LogP contribution in [0.15, 0.2) is 12.1 Å². The number of anilines is 1. The number of hydrogen-bond donors (Lipinski definition) is 1. The highest BCUT2D eigenvalue weighted by molar-refractivity contribution is 5.75. The Labute approximate surface area is 85.8 Å². The number of rotatable bonds is 3. The highest BCUT2D eigenvalue weighted by atomic mass is 19.2. The van der Waals surface area contributed by atoms with E-state index in [1.54, 1.807) is 6.92 Å². The van der Waals surface area contributed by atoms with E-state index in [0.717, 1.165) is 6.07 Å². The quantitative estimate of drug-likeness (QED) is 0.616. The number of carbonyl (C=O) groups is 1. The third-order valence-corrected chi connectivity index (χ3v) is 1.86. The molecule has 0 amide bonds. The Bertz CT molecular complexity index is 380. The molecule has 2 N–H and O–H groups in total. The molecule has 0 bridgehead atoms. The van der Waals surface area contributed by atoms with Gasteiger partial charge < -0.3 is 10.5 Å². The molecule has 0 unspecified atom stereocenters. The van der Waals surface area contributed by atoms with Gasteiger partial charge in [-0.2, -0.15) is 0 Å². The second-order valence-corrected chi connectivity index (χ2v) is 2.91. The van der Waals surface area contributed by atoms with Crippen LogP contribution in [0.4, 0.5) is 14.5 Å². The Morgan fingerprint density at radius 2 is 2.13 bits per heavy atom. The Hall–Kier alpha value is -1.65. The van der Waals surface area contributed by atoms with E-state index in [4.69, 9.17) is 5.73 Å². The van der Waals surface area contributed by atoms with Crippen molar-refractivity contribution in [2.45, 2.75) is 13.3 Å². The van der Waals surface area contributed by atoms with E-state index in [1.807, 2.05) is 0 Å². The predicted molar refractivity (Wildman–Crippen MR) is 51.1 cm³/mol. The Kier molecular flexibility index (Phi) is 3.60. The minimum atomic E-state index is -1.09. The lowest BCUT2D eigenvalue weighted by Gasteiger charge is -2.07. The van der Waals surface area contributed by atoms with Crippen molar-refractivity contribution in [3.8, 4) is 0 Å². The van der Waals surface area contributed by atoms with Crippen molar-refractivity contribution in [1.82, 2.24) is 0 Å². The van der Waals surface area contributed by atoms with Crippen LogP contribution < -0.4 is 5.73 Å². The molecule has 0 saturated carbocycles. The van der Waals surface area contributed by atoms with Crippen LogP contribution in [-0.2, 0) is 16.0 Å². The van der Waals surface area contributed by atoms with Crippen LogP contribution in [0.5, 0.6) is 0 Å². The van der Waals surface area contributed by atoms with E-state index in [9.17, 15) is 13.6 Å². The highest BCUT2D eigenvalue weighted by Gasteiger charge is 2.15. The van der Waals surface area contributed by atoms with Gasteiger partial charge in [0.05, 0.1) is 13.0 Å². The van der Waals surface area contributed by atoms with Gasteiger partial charge in [-0.15, -0.1) is 0 Å². The lowest BCUT2D eigenvalue weighted by molar-refractivity contribution is -0.142. The summed E-state index contributed by atoms with van der Waals surface area (Å²) in [6, 6.07) is 2.13. The number of ether oxygens (including phenoxy) is 1. The van der Waals surface area contributed by atoms with Crippen LogP contribution >= 0.6 is 0 Å². The van der Waals surface area contributed by atoms with Gasteiger partial charge in [-0.05, 0) is 19.1 Å². The van der Waals surface area contributed by atoms with Crippen LogP contribution in [-0.4, -0.2) is 12.6 Å². The van der Waals surface area contributed by atoms with Crippen molar-refractivity contribution >= 4 is 11.7 Å². The molecule has 0 saturated heterocycles. The molecule has 0 aliphatic heterocycles. The SMILES string of the molecule is CCOC(=O)Cc1c(N)ccc(F)c1F. The first kappa shape index (κ1) is 11.4. The first-order valence-electron chi connectivity index (χ1n) is 4.44. The predicted octanol–water partition coefficient (Wildman–Crippen LogP) is 1.65. The number of nitrogen functional groups attached to an aromatic ring is 1. The van der Waals surface area contributed by atoms with Gasteiger partial charge in [-0.1, -0.05) is 0 Å². The molecule has 0 spiro atoms. The van der Waals surface area contributed by atoms with Crippen LogP contribution in [0.1, 0.15) is 12.5 Å². The van der Waals surface area contributed by atoms with Gasteiger partial charge in [0.2, 0.25) is 0 Å². The van der Waals surface area contributed by atoms with E-state index in [-0.39, 0.29) is 24.3 Å². The Balaban J connectivity index is 2.93. The average molecular weight is 215 g/mol. The van der Waals surface area contributed by atoms with Crippen LogP contribution in [0.3, 0.4) is 0 Å². The lowest BCUT2D eigenvalue weighted by atomic mass is 10.1. The standard InChI is InChI=1S/C10H11F2NO2/c1-2-15-9(14)5-6-8(13)4-3-7(11)10(6)12/h3-4H,2,5,13H2,1H3. The Morgan fingerprint density at radius 3 is 2.73 bits per heavy atom. The maximum absolute atomic E-state index is 13.2. The first-order valence-corrected chi connectivity index (χ1v) is 4.44. The Morgan fingerprint density at radius 1 is 1.47 bits per heavy atom. The topological polar surface area (TPSA) is 52.3 Å². The second-order valence-electron chi connectivity index (χ2n) is 2.91. The molecule has 1 rings (SSSR count). The summed E-state index contributed by atoms with van der Waals surface area (Å²) in [5, 5.41) is 0. The summed E-state index contributed by atoms with van der Waals surface area (Å²) in [5.41, 5.74) is 5.30. The average Bonchev–Trinajstić information content (AvgIpc) is 2.19. The van der Waals surface area contributed by atoms with Crippen LogP contribution in [0.25, 0.3) is 0 Å². The summed E-state index contributed by atoms with van der Waals surface area (Å²) in [7, 11) is 0. The summed E-state index contributed by atoms with van der Waals surface area (Å²) < 4.78 is 30.6. The molecular formula is C10H11F2NO2. The summed E-state index contributed by atoms with van der Waals surface area (Å²) >= 11 is 0. The number of benzene rings is 1. The van der Waals surface area contributed by atoms with E-state index in [1.165, 1.54) is 6.07 Å². The fourth-order valence-electron chi connectivity index (χ4n) is 1.14. The minimum absolute atomic E-state index is 0.0435. The monoisotopic (exact) mass is 215 g/mol. The largest absolute Gasteiger partial charge is 0.466 e. The van der Waals surface area contributed by atoms with Crippen molar-refractivity contribution in [2.75, 3.05) is 12.3 Å². The third kappa shape index (κ3) is 2.65. The molecule has 82 valence electrons. The molecule has 0 fully saturated rings. The number of halogens is 2. The van der Waals surface area contributed by atoms with E-state index < -0.39 is 17.6 Å². The number of esters is 1. The van der Waals surface area contributed by atoms with Crippen LogP contribution in [0, 0.1) is 11.6 Å². The van der Waals surface area contributed by atoms with Crippen molar-refractivity contribution in [2.24, 2.45) is 0 Å². The molecule has 0 aromatic heterocycles. The molecule has 15 heavy (non-hydrogen) atoms. The zero-order valence-corrected chi connectivity index (χ0v) is 8.22. The van der Waals surface area contributed by atoms with E-state index >= 15 is 0 Å². The van der Waals surface area contributed by atoms with E-state index in [0.29, 0.717) is 0 Å². The van der Waals surface area contributed by atoms with E-state index in [2.05, 4.69) is 4.74 Å². The molecule has 0 aliphatic rings. The summed E-state index contributed by atoms with van der Waals surface area (Å²) in [4.78, 5) is 11.1. The molecule has 1 aromatic rings. The molecule has 0 radical (unpaired) electrons. The second kappa shape index (κ2) is 4.72. The molecular weight excluding hydrogens is 204 g/mol. The third-order valence-electron chi connectivity index (χ3n) is 1.86. The maximum atomic E-state index is 13.2. The minimum Gasteiger partial charge on any atom is -0.466 e. The van der Waals surface area contributed by atoms with Crippen molar-refractivity contribution in [3.05, 3.63) is 29.3 Å². The molecule has 0 aliphatic carbocycles. The summed E-state index contributed by atoms with van der Waals surface area (Å²) in [6.45, 7) is 1.82. The van der Waals surface area contributed by atoms with Gasteiger partial charge in [-0.3, -0.25) is 4.79 Å². The number of nitrogens with two attached hydrogens (primary N) is 1. The fourth-order valence-corrected chi connectivity index (χ4v) is 1.14. The smallest absolute Gasteiger partial charge is 0.310 e. The molecule has 3 nitrogen and oxygen atoms in total. The van der Waals surface area contributed by atoms with Crippen molar-refractivity contribution in [1.29, 1.82) is 0 Å². The normalized spacial score (nSPS) is 10.1. The number of carbonyl (C=O) groups excluding carboxylic acids is 1. The highest BCUT2D eigenvalue weighted by Crippen LogP contribution is 2.19. The first-order chi connectivity index (χ1) is 7.06. The van der Waals surface area contributed by atoms with Gasteiger partial charge in [0.1, 0.15) is 0 Å². The number of hydrogen-bond acceptors (Lipinski definition) is 3. The van der Waals surface area contributed by atoms with Gasteiger partial charge in [0.25, 0.3) is 0 Å². The van der Waals surface area contributed by atoms with Gasteiger partial charge in [-0.25, -0.2) is 8.78 Å². The maximum Gasteiger partial charge on any atom is 0.310 e.